The molecule has 1 aromatic heterocycles. The second-order valence-corrected chi connectivity index (χ2v) is 5.05. The second-order valence-electron chi connectivity index (χ2n) is 5.05. The molecule has 0 bridgehead atoms. The van der Waals surface area contributed by atoms with Crippen molar-refractivity contribution in [2.75, 3.05) is 0 Å². The van der Waals surface area contributed by atoms with E-state index in [2.05, 4.69) is 30.7 Å². The van der Waals surface area contributed by atoms with Gasteiger partial charge in [0.1, 0.15) is 5.52 Å². The molecule has 0 unspecified atom stereocenters. The number of benzene rings is 1. The van der Waals surface area contributed by atoms with Crippen LogP contribution in [-0.4, -0.2) is 9.97 Å². The Bertz CT molecular complexity index is 541. The molecular weight excluding hydrogens is 203 g/mol. The van der Waals surface area contributed by atoms with Crippen LogP contribution in [0.4, 0.5) is 4.39 Å². The Morgan fingerprint density at radius 1 is 1.12 bits per heavy atom. The number of fused-ring (bicyclic) bond motifs is 1. The van der Waals surface area contributed by atoms with Crippen molar-refractivity contribution in [3.63, 3.8) is 0 Å². The fraction of sp³-hybridized carbons (Fsp3) is 0.385. The Morgan fingerprint density at radius 3 is 2.44 bits per heavy atom. The highest BCUT2D eigenvalue weighted by atomic mass is 19.1. The third kappa shape index (κ3) is 1.77. The molecule has 2 nitrogen and oxygen atoms in total. The van der Waals surface area contributed by atoms with Gasteiger partial charge in [-0.3, -0.25) is 0 Å². The van der Waals surface area contributed by atoms with Gasteiger partial charge in [0.05, 0.1) is 11.2 Å². The van der Waals surface area contributed by atoms with Gasteiger partial charge in [0, 0.05) is 6.20 Å². The maximum absolute atomic E-state index is 13.6. The number of rotatable bonds is 0. The maximum Gasteiger partial charge on any atom is 0.151 e. The summed E-state index contributed by atoms with van der Waals surface area (Å²) in [5.74, 6) is -0.310. The van der Waals surface area contributed by atoms with Gasteiger partial charge in [-0.2, -0.15) is 0 Å². The van der Waals surface area contributed by atoms with E-state index in [1.54, 1.807) is 12.3 Å². The van der Waals surface area contributed by atoms with Crippen molar-refractivity contribution in [2.24, 2.45) is 0 Å². The minimum atomic E-state index is -0.310. The molecule has 2 aromatic rings. The van der Waals surface area contributed by atoms with E-state index >= 15 is 0 Å². The summed E-state index contributed by atoms with van der Waals surface area (Å²) in [6.07, 6.45) is 1.60. The third-order valence-electron chi connectivity index (χ3n) is 2.58. The molecule has 0 saturated heterocycles. The van der Waals surface area contributed by atoms with Crippen LogP contribution in [0.15, 0.2) is 18.3 Å². The molecular formula is C13H15FN2. The van der Waals surface area contributed by atoms with Crippen molar-refractivity contribution in [3.05, 3.63) is 35.4 Å². The molecule has 0 amide bonds. The van der Waals surface area contributed by atoms with E-state index in [4.69, 9.17) is 0 Å². The zero-order chi connectivity index (χ0) is 11.9. The van der Waals surface area contributed by atoms with E-state index < -0.39 is 0 Å². The molecule has 0 radical (unpaired) electrons. The van der Waals surface area contributed by atoms with Gasteiger partial charge in [0.15, 0.2) is 5.82 Å². The average Bonchev–Trinajstić information content (AvgIpc) is 2.15. The van der Waals surface area contributed by atoms with E-state index in [0.717, 1.165) is 11.3 Å². The van der Waals surface area contributed by atoms with Crippen LogP contribution >= 0.6 is 0 Å². The molecule has 1 heterocycles. The maximum atomic E-state index is 13.6. The zero-order valence-corrected chi connectivity index (χ0v) is 10.0. The summed E-state index contributed by atoms with van der Waals surface area (Å²) in [5, 5.41) is 0. The van der Waals surface area contributed by atoms with Crippen molar-refractivity contribution in [1.29, 1.82) is 0 Å². The summed E-state index contributed by atoms with van der Waals surface area (Å²) >= 11 is 0. The molecule has 0 aliphatic heterocycles. The predicted octanol–water partition coefficient (Wildman–Crippen LogP) is 3.37. The number of aryl methyl sites for hydroxylation is 1. The summed E-state index contributed by atoms with van der Waals surface area (Å²) in [5.41, 5.74) is 2.81. The first-order chi connectivity index (χ1) is 7.39. The Kier molecular flexibility index (Phi) is 2.41. The van der Waals surface area contributed by atoms with E-state index in [1.807, 2.05) is 6.92 Å². The lowest BCUT2D eigenvalue weighted by Gasteiger charge is -2.20. The van der Waals surface area contributed by atoms with Crippen molar-refractivity contribution >= 4 is 11.0 Å². The van der Waals surface area contributed by atoms with Crippen LogP contribution in [0, 0.1) is 12.7 Å². The van der Waals surface area contributed by atoms with Crippen molar-refractivity contribution in [2.45, 2.75) is 33.1 Å². The minimum absolute atomic E-state index is 0.0611. The van der Waals surface area contributed by atoms with Crippen LogP contribution in [0.2, 0.25) is 0 Å². The summed E-state index contributed by atoms with van der Waals surface area (Å²) < 4.78 is 13.6. The molecule has 1 aromatic carbocycles. The standard InChI is InChI=1S/C13H15FN2/c1-8-7-15-12-10(14)6-5-9(11(12)16-8)13(2,3)4/h5-7H,1-4H3. The highest BCUT2D eigenvalue weighted by molar-refractivity contribution is 5.79. The molecule has 16 heavy (non-hydrogen) atoms. The molecule has 0 spiro atoms. The number of aromatic nitrogens is 2. The Hall–Kier alpha value is -1.51. The molecule has 0 N–H and O–H groups in total. The van der Waals surface area contributed by atoms with E-state index in [-0.39, 0.29) is 11.2 Å². The Morgan fingerprint density at radius 2 is 1.81 bits per heavy atom. The monoisotopic (exact) mass is 218 g/mol. The molecule has 0 aliphatic rings. The first kappa shape index (κ1) is 11.0. The van der Waals surface area contributed by atoms with Gasteiger partial charge in [0.2, 0.25) is 0 Å². The first-order valence-corrected chi connectivity index (χ1v) is 5.32. The molecule has 0 fully saturated rings. The summed E-state index contributed by atoms with van der Waals surface area (Å²) in [7, 11) is 0. The molecule has 0 atom stereocenters. The highest BCUT2D eigenvalue weighted by Gasteiger charge is 2.19. The fourth-order valence-electron chi connectivity index (χ4n) is 1.76. The Labute approximate surface area is 94.5 Å². The number of hydrogen-bond donors (Lipinski definition) is 0. The van der Waals surface area contributed by atoms with Gasteiger partial charge >= 0.3 is 0 Å². The largest absolute Gasteiger partial charge is 0.250 e. The average molecular weight is 218 g/mol. The zero-order valence-electron chi connectivity index (χ0n) is 10.0. The van der Waals surface area contributed by atoms with Gasteiger partial charge < -0.3 is 0 Å². The van der Waals surface area contributed by atoms with Gasteiger partial charge in [-0.15, -0.1) is 0 Å². The molecule has 84 valence electrons. The lowest BCUT2D eigenvalue weighted by atomic mass is 9.86. The van der Waals surface area contributed by atoms with Crippen LogP contribution in [-0.2, 0) is 5.41 Å². The molecule has 2 rings (SSSR count). The SMILES string of the molecule is Cc1cnc2c(F)ccc(C(C)(C)C)c2n1. The van der Waals surface area contributed by atoms with Gasteiger partial charge in [0.25, 0.3) is 0 Å². The van der Waals surface area contributed by atoms with Crippen molar-refractivity contribution < 1.29 is 4.39 Å². The van der Waals surface area contributed by atoms with E-state index in [1.165, 1.54) is 6.07 Å². The minimum Gasteiger partial charge on any atom is -0.250 e. The van der Waals surface area contributed by atoms with Crippen LogP contribution < -0.4 is 0 Å². The summed E-state index contributed by atoms with van der Waals surface area (Å²) in [6, 6.07) is 3.26. The van der Waals surface area contributed by atoms with Crippen molar-refractivity contribution in [3.8, 4) is 0 Å². The lowest BCUT2D eigenvalue weighted by molar-refractivity contribution is 0.589. The van der Waals surface area contributed by atoms with Crippen molar-refractivity contribution in [1.82, 2.24) is 9.97 Å². The lowest BCUT2D eigenvalue weighted by Crippen LogP contribution is -2.13. The smallest absolute Gasteiger partial charge is 0.151 e. The third-order valence-corrected chi connectivity index (χ3v) is 2.58. The number of hydrogen-bond acceptors (Lipinski definition) is 2. The van der Waals surface area contributed by atoms with Crippen LogP contribution in [0.25, 0.3) is 11.0 Å². The highest BCUT2D eigenvalue weighted by Crippen LogP contribution is 2.29. The van der Waals surface area contributed by atoms with E-state index in [0.29, 0.717) is 11.0 Å². The van der Waals surface area contributed by atoms with Gasteiger partial charge in [-0.05, 0) is 24.0 Å². The topological polar surface area (TPSA) is 25.8 Å². The quantitative estimate of drug-likeness (QED) is 0.677. The molecule has 3 heteroatoms. The molecule has 0 saturated carbocycles. The summed E-state index contributed by atoms with van der Waals surface area (Å²) in [6.45, 7) is 8.13. The van der Waals surface area contributed by atoms with Crippen LogP contribution in [0.3, 0.4) is 0 Å². The van der Waals surface area contributed by atoms with Crippen LogP contribution in [0.1, 0.15) is 32.0 Å². The predicted molar refractivity (Wildman–Crippen MR) is 62.9 cm³/mol. The van der Waals surface area contributed by atoms with Gasteiger partial charge in [-0.1, -0.05) is 26.8 Å². The normalized spacial score (nSPS) is 12.1. The number of nitrogens with zero attached hydrogens (tertiary/aromatic N) is 2. The molecule has 0 aliphatic carbocycles. The second kappa shape index (κ2) is 3.51. The first-order valence-electron chi connectivity index (χ1n) is 5.32. The van der Waals surface area contributed by atoms with Gasteiger partial charge in [-0.25, -0.2) is 14.4 Å². The Balaban J connectivity index is 2.86. The van der Waals surface area contributed by atoms with Crippen LogP contribution in [0.5, 0.6) is 0 Å². The fourth-order valence-corrected chi connectivity index (χ4v) is 1.76. The summed E-state index contributed by atoms with van der Waals surface area (Å²) in [4.78, 5) is 8.52. The van der Waals surface area contributed by atoms with E-state index in [9.17, 15) is 4.39 Å². The number of halogens is 1.